The standard InChI is InChI=1S/C22H24N4OS2/c27-19(26-12-10-25(11-13-26)16-6-2-1-3-7-16)14-28-21-20-17-8-4-5-9-18(17)29-22(20)24-15-23-21/h1-3,6-7,15H,4-5,8-14H2. The van der Waals surface area contributed by atoms with E-state index in [0.717, 1.165) is 48.9 Å². The lowest BCUT2D eigenvalue weighted by molar-refractivity contribution is -0.128. The first-order valence-corrected chi connectivity index (χ1v) is 12.1. The summed E-state index contributed by atoms with van der Waals surface area (Å²) in [5, 5.41) is 2.18. The van der Waals surface area contributed by atoms with E-state index in [1.807, 2.05) is 22.3 Å². The number of fused-ring (bicyclic) bond motifs is 3. The number of aromatic nitrogens is 2. The highest BCUT2D eigenvalue weighted by molar-refractivity contribution is 8.00. The van der Waals surface area contributed by atoms with Crippen molar-refractivity contribution in [1.29, 1.82) is 0 Å². The predicted octanol–water partition coefficient (Wildman–Crippen LogP) is 4.01. The average Bonchev–Trinajstić information content (AvgIpc) is 3.17. The molecule has 1 aliphatic heterocycles. The minimum atomic E-state index is 0.207. The highest BCUT2D eigenvalue weighted by atomic mass is 32.2. The Morgan fingerprint density at radius 3 is 2.66 bits per heavy atom. The fourth-order valence-electron chi connectivity index (χ4n) is 4.24. The van der Waals surface area contributed by atoms with Crippen molar-refractivity contribution in [2.75, 3.05) is 36.8 Å². The number of thioether (sulfide) groups is 1. The van der Waals surface area contributed by atoms with Crippen LogP contribution in [0.5, 0.6) is 0 Å². The van der Waals surface area contributed by atoms with Crippen molar-refractivity contribution < 1.29 is 4.79 Å². The maximum Gasteiger partial charge on any atom is 0.233 e. The SMILES string of the molecule is O=C(CSc1ncnc2sc3c(c12)CCCC3)N1CCN(c2ccccc2)CC1. The second kappa shape index (κ2) is 8.32. The van der Waals surface area contributed by atoms with Gasteiger partial charge in [0.2, 0.25) is 5.91 Å². The molecule has 0 unspecified atom stereocenters. The summed E-state index contributed by atoms with van der Waals surface area (Å²) in [4.78, 5) is 28.7. The van der Waals surface area contributed by atoms with Gasteiger partial charge in [-0.15, -0.1) is 11.3 Å². The van der Waals surface area contributed by atoms with Crippen LogP contribution in [0.2, 0.25) is 0 Å². The van der Waals surface area contributed by atoms with Crippen LogP contribution < -0.4 is 4.90 Å². The lowest BCUT2D eigenvalue weighted by Gasteiger charge is -2.36. The van der Waals surface area contributed by atoms with Gasteiger partial charge >= 0.3 is 0 Å². The molecule has 150 valence electrons. The normalized spacial score (nSPS) is 16.8. The molecular weight excluding hydrogens is 400 g/mol. The maximum atomic E-state index is 12.8. The Morgan fingerprint density at radius 1 is 1.03 bits per heavy atom. The second-order valence-corrected chi connectivity index (χ2v) is 9.61. The molecule has 5 rings (SSSR count). The van der Waals surface area contributed by atoms with E-state index >= 15 is 0 Å². The molecule has 1 amide bonds. The van der Waals surface area contributed by atoms with Gasteiger partial charge in [0.15, 0.2) is 0 Å². The summed E-state index contributed by atoms with van der Waals surface area (Å²) in [6, 6.07) is 10.4. The summed E-state index contributed by atoms with van der Waals surface area (Å²) in [7, 11) is 0. The number of thiophene rings is 1. The van der Waals surface area contributed by atoms with Gasteiger partial charge < -0.3 is 9.80 Å². The van der Waals surface area contributed by atoms with Gasteiger partial charge in [-0.05, 0) is 43.4 Å². The van der Waals surface area contributed by atoms with Crippen molar-refractivity contribution in [2.24, 2.45) is 0 Å². The van der Waals surface area contributed by atoms with Crippen molar-refractivity contribution >= 4 is 44.9 Å². The number of anilines is 1. The van der Waals surface area contributed by atoms with Crippen LogP contribution in [0.25, 0.3) is 10.2 Å². The summed E-state index contributed by atoms with van der Waals surface area (Å²) in [6.07, 6.45) is 6.43. The van der Waals surface area contributed by atoms with Gasteiger partial charge in [-0.2, -0.15) is 0 Å². The number of carbonyl (C=O) groups excluding carboxylic acids is 1. The Kier molecular flexibility index (Phi) is 5.42. The van der Waals surface area contributed by atoms with Crippen molar-refractivity contribution in [1.82, 2.24) is 14.9 Å². The summed E-state index contributed by atoms with van der Waals surface area (Å²) in [5.74, 6) is 0.654. The number of amides is 1. The zero-order valence-electron chi connectivity index (χ0n) is 16.3. The fourth-order valence-corrected chi connectivity index (χ4v) is 6.47. The van der Waals surface area contributed by atoms with Crippen molar-refractivity contribution in [3.05, 3.63) is 47.1 Å². The van der Waals surface area contributed by atoms with E-state index in [0.29, 0.717) is 5.75 Å². The van der Waals surface area contributed by atoms with Crippen LogP contribution in [0.15, 0.2) is 41.7 Å². The molecule has 3 heterocycles. The molecular formula is C22H24N4OS2. The number of benzene rings is 1. The van der Waals surface area contributed by atoms with E-state index in [4.69, 9.17) is 0 Å². The fraction of sp³-hybridized carbons (Fsp3) is 0.409. The Balaban J connectivity index is 1.23. The Morgan fingerprint density at radius 2 is 1.83 bits per heavy atom. The Labute approximate surface area is 179 Å². The van der Waals surface area contributed by atoms with Gasteiger partial charge in [-0.25, -0.2) is 9.97 Å². The van der Waals surface area contributed by atoms with Crippen molar-refractivity contribution in [3.63, 3.8) is 0 Å². The lowest BCUT2D eigenvalue weighted by atomic mass is 9.97. The zero-order valence-corrected chi connectivity index (χ0v) is 18.0. The van der Waals surface area contributed by atoms with Crippen LogP contribution >= 0.6 is 23.1 Å². The molecule has 1 aliphatic carbocycles. The Hall–Kier alpha value is -2.12. The molecule has 1 aromatic carbocycles. The molecule has 2 aliphatic rings. The molecule has 0 radical (unpaired) electrons. The third-order valence-electron chi connectivity index (χ3n) is 5.80. The number of nitrogens with zero attached hydrogens (tertiary/aromatic N) is 4. The van der Waals surface area contributed by atoms with Crippen LogP contribution in [-0.4, -0.2) is 52.7 Å². The van der Waals surface area contributed by atoms with Crippen molar-refractivity contribution in [3.8, 4) is 0 Å². The summed E-state index contributed by atoms with van der Waals surface area (Å²) in [5.41, 5.74) is 2.67. The highest BCUT2D eigenvalue weighted by Gasteiger charge is 2.23. The number of hydrogen-bond donors (Lipinski definition) is 0. The number of aryl methyl sites for hydroxylation is 2. The molecule has 0 saturated carbocycles. The third kappa shape index (κ3) is 3.85. The monoisotopic (exact) mass is 424 g/mol. The topological polar surface area (TPSA) is 49.3 Å². The predicted molar refractivity (Wildman–Crippen MR) is 120 cm³/mol. The summed E-state index contributed by atoms with van der Waals surface area (Å²) in [6.45, 7) is 3.33. The van der Waals surface area contributed by atoms with Crippen LogP contribution in [0.3, 0.4) is 0 Å². The molecule has 1 saturated heterocycles. The molecule has 0 bridgehead atoms. The van der Waals surface area contributed by atoms with Crippen molar-refractivity contribution in [2.45, 2.75) is 30.7 Å². The molecule has 3 aromatic rings. The first kappa shape index (κ1) is 18.9. The van der Waals surface area contributed by atoms with E-state index in [1.165, 1.54) is 34.4 Å². The van der Waals surface area contributed by atoms with E-state index in [2.05, 4.69) is 39.1 Å². The van der Waals surface area contributed by atoms with E-state index < -0.39 is 0 Å². The quantitative estimate of drug-likeness (QED) is 0.468. The lowest BCUT2D eigenvalue weighted by Crippen LogP contribution is -2.49. The van der Waals surface area contributed by atoms with E-state index in [9.17, 15) is 4.79 Å². The number of hydrogen-bond acceptors (Lipinski definition) is 6. The number of piperazine rings is 1. The largest absolute Gasteiger partial charge is 0.368 e. The number of para-hydroxylation sites is 1. The zero-order chi connectivity index (χ0) is 19.6. The molecule has 7 heteroatoms. The number of rotatable bonds is 4. The Bertz CT molecular complexity index is 1010. The van der Waals surface area contributed by atoms with Gasteiger partial charge in [0.25, 0.3) is 0 Å². The minimum Gasteiger partial charge on any atom is -0.368 e. The molecule has 0 spiro atoms. The number of carbonyl (C=O) groups is 1. The van der Waals surface area contributed by atoms with Gasteiger partial charge in [0.1, 0.15) is 16.2 Å². The summed E-state index contributed by atoms with van der Waals surface area (Å²) < 4.78 is 0. The second-order valence-electron chi connectivity index (χ2n) is 7.56. The smallest absolute Gasteiger partial charge is 0.233 e. The summed E-state index contributed by atoms with van der Waals surface area (Å²) >= 11 is 3.39. The van der Waals surface area contributed by atoms with Crippen LogP contribution in [0, 0.1) is 0 Å². The van der Waals surface area contributed by atoms with Gasteiger partial charge in [-0.3, -0.25) is 4.79 Å². The molecule has 1 fully saturated rings. The first-order chi connectivity index (χ1) is 14.3. The van der Waals surface area contributed by atoms with Gasteiger partial charge in [-0.1, -0.05) is 30.0 Å². The van der Waals surface area contributed by atoms with Gasteiger partial charge in [0, 0.05) is 42.1 Å². The molecule has 2 aromatic heterocycles. The average molecular weight is 425 g/mol. The molecule has 5 nitrogen and oxygen atoms in total. The van der Waals surface area contributed by atoms with Crippen LogP contribution in [0.1, 0.15) is 23.3 Å². The molecule has 0 atom stereocenters. The van der Waals surface area contributed by atoms with Crippen LogP contribution in [-0.2, 0) is 17.6 Å². The molecule has 29 heavy (non-hydrogen) atoms. The highest BCUT2D eigenvalue weighted by Crippen LogP contribution is 2.39. The minimum absolute atomic E-state index is 0.207. The van der Waals surface area contributed by atoms with Crippen LogP contribution in [0.4, 0.5) is 5.69 Å². The van der Waals surface area contributed by atoms with Gasteiger partial charge in [0.05, 0.1) is 5.75 Å². The first-order valence-electron chi connectivity index (χ1n) is 10.3. The van der Waals surface area contributed by atoms with E-state index in [1.54, 1.807) is 18.1 Å². The third-order valence-corrected chi connectivity index (χ3v) is 7.98. The molecule has 0 N–H and O–H groups in total. The maximum absolute atomic E-state index is 12.8. The van der Waals surface area contributed by atoms with E-state index in [-0.39, 0.29) is 5.91 Å².